The molecule has 0 unspecified atom stereocenters. The third-order valence-corrected chi connectivity index (χ3v) is 2.60. The summed E-state index contributed by atoms with van der Waals surface area (Å²) in [7, 11) is 3.99. The summed E-state index contributed by atoms with van der Waals surface area (Å²) in [4.78, 5) is 18.0. The van der Waals surface area contributed by atoms with Gasteiger partial charge in [-0.15, -0.1) is 0 Å². The zero-order chi connectivity index (χ0) is 13.7. The number of nitrogens with one attached hydrogen (secondary N) is 1. The molecule has 0 radical (unpaired) electrons. The molecule has 1 heterocycles. The molecule has 0 saturated heterocycles. The molecule has 3 N–H and O–H groups in total. The molecule has 0 fully saturated rings. The number of nitrogens with zero attached hydrogens (tertiary/aromatic N) is 2. The standard InChI is InChI=1S/C13H22N4O/c1-9(2)12(14)13(18)16-11-7-10(5-6-15-11)8-17(3)4/h5-7,9,12H,8,14H2,1-4H3,(H,15,16,18)/t12-/m0/s1. The number of carbonyl (C=O) groups is 1. The Morgan fingerprint density at radius 2 is 2.17 bits per heavy atom. The summed E-state index contributed by atoms with van der Waals surface area (Å²) in [5, 5.41) is 2.74. The van der Waals surface area contributed by atoms with Crippen molar-refractivity contribution in [1.82, 2.24) is 9.88 Å². The van der Waals surface area contributed by atoms with Gasteiger partial charge in [-0.05, 0) is 37.7 Å². The predicted octanol–water partition coefficient (Wildman–Crippen LogP) is 1.06. The van der Waals surface area contributed by atoms with E-state index in [1.54, 1.807) is 6.20 Å². The Morgan fingerprint density at radius 1 is 1.50 bits per heavy atom. The summed E-state index contributed by atoms with van der Waals surface area (Å²) in [6.07, 6.45) is 1.69. The molecule has 0 spiro atoms. The van der Waals surface area contributed by atoms with Crippen molar-refractivity contribution in [2.24, 2.45) is 11.7 Å². The maximum absolute atomic E-state index is 11.8. The van der Waals surface area contributed by atoms with E-state index in [4.69, 9.17) is 5.73 Å². The van der Waals surface area contributed by atoms with Gasteiger partial charge in [-0.1, -0.05) is 13.8 Å². The third kappa shape index (κ3) is 4.43. The number of aromatic nitrogens is 1. The van der Waals surface area contributed by atoms with Crippen LogP contribution in [0.15, 0.2) is 18.3 Å². The van der Waals surface area contributed by atoms with Gasteiger partial charge in [-0.3, -0.25) is 4.79 Å². The molecule has 1 amide bonds. The van der Waals surface area contributed by atoms with E-state index in [-0.39, 0.29) is 11.8 Å². The fourth-order valence-corrected chi connectivity index (χ4v) is 1.52. The van der Waals surface area contributed by atoms with Gasteiger partial charge in [-0.25, -0.2) is 4.98 Å². The molecule has 0 aliphatic carbocycles. The summed E-state index contributed by atoms with van der Waals surface area (Å²) < 4.78 is 0. The van der Waals surface area contributed by atoms with Gasteiger partial charge < -0.3 is 16.0 Å². The number of carbonyl (C=O) groups excluding carboxylic acids is 1. The van der Waals surface area contributed by atoms with E-state index in [1.165, 1.54) is 0 Å². The topological polar surface area (TPSA) is 71.2 Å². The van der Waals surface area contributed by atoms with E-state index < -0.39 is 6.04 Å². The monoisotopic (exact) mass is 250 g/mol. The first-order valence-corrected chi connectivity index (χ1v) is 6.06. The summed E-state index contributed by atoms with van der Waals surface area (Å²) in [5.41, 5.74) is 6.88. The molecule has 0 saturated carbocycles. The number of amides is 1. The first kappa shape index (κ1) is 14.6. The van der Waals surface area contributed by atoms with Crippen molar-refractivity contribution in [3.63, 3.8) is 0 Å². The third-order valence-electron chi connectivity index (χ3n) is 2.60. The van der Waals surface area contributed by atoms with E-state index in [2.05, 4.69) is 15.2 Å². The highest BCUT2D eigenvalue weighted by Crippen LogP contribution is 2.09. The van der Waals surface area contributed by atoms with Crippen molar-refractivity contribution >= 4 is 11.7 Å². The highest BCUT2D eigenvalue weighted by atomic mass is 16.2. The van der Waals surface area contributed by atoms with Crippen LogP contribution in [0.4, 0.5) is 5.82 Å². The van der Waals surface area contributed by atoms with Crippen molar-refractivity contribution in [3.8, 4) is 0 Å². The predicted molar refractivity (Wildman–Crippen MR) is 73.1 cm³/mol. The number of pyridine rings is 1. The van der Waals surface area contributed by atoms with Gasteiger partial charge in [0.25, 0.3) is 0 Å². The first-order chi connectivity index (χ1) is 8.40. The van der Waals surface area contributed by atoms with Crippen molar-refractivity contribution in [3.05, 3.63) is 23.9 Å². The zero-order valence-electron chi connectivity index (χ0n) is 11.5. The largest absolute Gasteiger partial charge is 0.320 e. The summed E-state index contributed by atoms with van der Waals surface area (Å²) >= 11 is 0. The smallest absolute Gasteiger partial charge is 0.242 e. The van der Waals surface area contributed by atoms with Crippen LogP contribution in [0.5, 0.6) is 0 Å². The Kier molecular flexibility index (Phi) is 5.25. The SMILES string of the molecule is CC(C)[C@H](N)C(=O)Nc1cc(CN(C)C)ccn1. The van der Waals surface area contributed by atoms with E-state index in [1.807, 2.05) is 40.1 Å². The Balaban J connectivity index is 2.70. The van der Waals surface area contributed by atoms with Crippen LogP contribution in [0.3, 0.4) is 0 Å². The lowest BCUT2D eigenvalue weighted by Gasteiger charge is -2.15. The van der Waals surface area contributed by atoms with Gasteiger partial charge in [0.15, 0.2) is 0 Å². The molecule has 5 nitrogen and oxygen atoms in total. The molecule has 1 atom stereocenters. The molecular formula is C13H22N4O. The van der Waals surface area contributed by atoms with Gasteiger partial charge >= 0.3 is 0 Å². The van der Waals surface area contributed by atoms with Gasteiger partial charge in [0.1, 0.15) is 5.82 Å². The average Bonchev–Trinajstić information content (AvgIpc) is 2.27. The van der Waals surface area contributed by atoms with Crippen LogP contribution in [0.2, 0.25) is 0 Å². The van der Waals surface area contributed by atoms with Crippen molar-refractivity contribution in [2.75, 3.05) is 19.4 Å². The molecular weight excluding hydrogens is 228 g/mol. The van der Waals surface area contributed by atoms with Crippen LogP contribution in [0.25, 0.3) is 0 Å². The van der Waals surface area contributed by atoms with Gasteiger partial charge in [0, 0.05) is 12.7 Å². The number of anilines is 1. The van der Waals surface area contributed by atoms with E-state index in [9.17, 15) is 4.79 Å². The number of hydrogen-bond acceptors (Lipinski definition) is 4. The van der Waals surface area contributed by atoms with E-state index in [0.29, 0.717) is 5.82 Å². The van der Waals surface area contributed by atoms with Gasteiger partial charge in [-0.2, -0.15) is 0 Å². The summed E-state index contributed by atoms with van der Waals surface area (Å²) in [6.45, 7) is 4.64. The van der Waals surface area contributed by atoms with Crippen molar-refractivity contribution < 1.29 is 4.79 Å². The van der Waals surface area contributed by atoms with E-state index >= 15 is 0 Å². The average molecular weight is 250 g/mol. The second-order valence-corrected chi connectivity index (χ2v) is 5.05. The second kappa shape index (κ2) is 6.47. The fourth-order valence-electron chi connectivity index (χ4n) is 1.52. The number of rotatable bonds is 5. The molecule has 1 rings (SSSR count). The van der Waals surface area contributed by atoms with E-state index in [0.717, 1.165) is 12.1 Å². The quantitative estimate of drug-likeness (QED) is 0.820. The minimum absolute atomic E-state index is 0.106. The molecule has 0 aliphatic heterocycles. The molecule has 100 valence electrons. The Morgan fingerprint density at radius 3 is 2.72 bits per heavy atom. The highest BCUT2D eigenvalue weighted by molar-refractivity contribution is 5.94. The van der Waals surface area contributed by atoms with Crippen molar-refractivity contribution in [1.29, 1.82) is 0 Å². The van der Waals surface area contributed by atoms with Crippen LogP contribution in [-0.4, -0.2) is 35.9 Å². The second-order valence-electron chi connectivity index (χ2n) is 5.05. The lowest BCUT2D eigenvalue weighted by Crippen LogP contribution is -2.39. The maximum Gasteiger partial charge on any atom is 0.242 e. The molecule has 5 heteroatoms. The fraction of sp³-hybridized carbons (Fsp3) is 0.538. The van der Waals surface area contributed by atoms with Crippen molar-refractivity contribution in [2.45, 2.75) is 26.4 Å². The van der Waals surface area contributed by atoms with Crippen LogP contribution < -0.4 is 11.1 Å². The lowest BCUT2D eigenvalue weighted by molar-refractivity contribution is -0.118. The van der Waals surface area contributed by atoms with Crippen LogP contribution in [0.1, 0.15) is 19.4 Å². The first-order valence-electron chi connectivity index (χ1n) is 6.06. The summed E-state index contributed by atoms with van der Waals surface area (Å²) in [5.74, 6) is 0.463. The molecule has 0 aromatic carbocycles. The Hall–Kier alpha value is -1.46. The minimum atomic E-state index is -0.510. The Bertz CT molecular complexity index is 404. The lowest BCUT2D eigenvalue weighted by atomic mass is 10.1. The van der Waals surface area contributed by atoms with Gasteiger partial charge in [0.05, 0.1) is 6.04 Å². The Labute approximate surface area is 108 Å². The molecule has 0 aliphatic rings. The number of hydrogen-bond donors (Lipinski definition) is 2. The maximum atomic E-state index is 11.8. The molecule has 1 aromatic rings. The van der Waals surface area contributed by atoms with Crippen LogP contribution >= 0.6 is 0 Å². The molecule has 1 aromatic heterocycles. The minimum Gasteiger partial charge on any atom is -0.320 e. The highest BCUT2D eigenvalue weighted by Gasteiger charge is 2.17. The van der Waals surface area contributed by atoms with Crippen LogP contribution in [-0.2, 0) is 11.3 Å². The van der Waals surface area contributed by atoms with Crippen LogP contribution in [0, 0.1) is 5.92 Å². The molecule has 0 bridgehead atoms. The summed E-state index contributed by atoms with van der Waals surface area (Å²) in [6, 6.07) is 3.28. The normalized spacial score (nSPS) is 12.8. The molecule has 18 heavy (non-hydrogen) atoms. The number of nitrogens with two attached hydrogens (primary N) is 1. The van der Waals surface area contributed by atoms with Gasteiger partial charge in [0.2, 0.25) is 5.91 Å². The zero-order valence-corrected chi connectivity index (χ0v) is 11.5.